The van der Waals surface area contributed by atoms with Crippen molar-refractivity contribution in [3.8, 4) is 0 Å². The molecule has 1 atom stereocenters. The Kier molecular flexibility index (Phi) is 4.01. The molecule has 0 saturated carbocycles. The molecule has 3 amide bonds. The van der Waals surface area contributed by atoms with Crippen molar-refractivity contribution in [2.75, 3.05) is 0 Å². The maximum Gasteiger partial charge on any atom is 0.255 e. The second-order valence-electron chi connectivity index (χ2n) is 6.93. The zero-order valence-corrected chi connectivity index (χ0v) is 13.8. The van der Waals surface area contributed by atoms with Crippen molar-refractivity contribution in [1.29, 1.82) is 0 Å². The summed E-state index contributed by atoms with van der Waals surface area (Å²) in [6, 6.07) is 4.94. The Morgan fingerprint density at radius 3 is 2.71 bits per heavy atom. The van der Waals surface area contributed by atoms with Gasteiger partial charge in [-0.2, -0.15) is 0 Å². The Morgan fingerprint density at radius 1 is 1.29 bits per heavy atom. The molecule has 0 aliphatic carbocycles. The van der Waals surface area contributed by atoms with E-state index in [0.29, 0.717) is 18.5 Å². The Labute approximate surface area is 140 Å². The lowest BCUT2D eigenvalue weighted by Crippen LogP contribution is -2.52. The fourth-order valence-electron chi connectivity index (χ4n) is 3.07. The number of carbonyl (C=O) groups excluding carboxylic acids is 3. The van der Waals surface area contributed by atoms with Crippen molar-refractivity contribution >= 4 is 23.8 Å². The highest BCUT2D eigenvalue weighted by atomic mass is 16.2. The third-order valence-corrected chi connectivity index (χ3v) is 4.31. The molecule has 0 aromatic heterocycles. The van der Waals surface area contributed by atoms with Crippen LogP contribution in [-0.4, -0.2) is 34.2 Å². The van der Waals surface area contributed by atoms with E-state index in [0.717, 1.165) is 11.1 Å². The fraction of sp³-hybridized carbons (Fsp3) is 0.389. The van der Waals surface area contributed by atoms with E-state index in [1.807, 2.05) is 38.1 Å². The van der Waals surface area contributed by atoms with E-state index in [1.54, 1.807) is 11.0 Å². The van der Waals surface area contributed by atoms with Crippen LogP contribution in [0.2, 0.25) is 0 Å². The number of nitrogens with one attached hydrogen (secondary N) is 1. The van der Waals surface area contributed by atoms with Gasteiger partial charge in [-0.3, -0.25) is 19.7 Å². The maximum atomic E-state index is 12.7. The van der Waals surface area contributed by atoms with Gasteiger partial charge < -0.3 is 10.6 Å². The molecule has 2 aliphatic heterocycles. The average Bonchev–Trinajstić information content (AvgIpc) is 2.82. The molecule has 1 aromatic rings. The highest BCUT2D eigenvalue weighted by molar-refractivity contribution is 6.05. The zero-order valence-electron chi connectivity index (χ0n) is 13.8. The largest absolute Gasteiger partial charge is 0.322 e. The van der Waals surface area contributed by atoms with E-state index in [1.165, 1.54) is 0 Å². The molecular formula is C18H21N3O3. The predicted molar refractivity (Wildman–Crippen MR) is 89.8 cm³/mol. The summed E-state index contributed by atoms with van der Waals surface area (Å²) in [6.07, 6.45) is 4.43. The molecule has 0 spiro atoms. The quantitative estimate of drug-likeness (QED) is 0.816. The highest BCUT2D eigenvalue weighted by Gasteiger charge is 2.39. The van der Waals surface area contributed by atoms with Crippen molar-refractivity contribution in [2.24, 2.45) is 5.73 Å². The van der Waals surface area contributed by atoms with Crippen LogP contribution in [0.4, 0.5) is 0 Å². The van der Waals surface area contributed by atoms with E-state index in [-0.39, 0.29) is 18.2 Å². The summed E-state index contributed by atoms with van der Waals surface area (Å²) in [4.78, 5) is 37.6. The SMILES string of the molecule is CC(C)(N)/C=C/c1cccc2c1CN(C1CCC(=O)NC1=O)C2=O. The highest BCUT2D eigenvalue weighted by Crippen LogP contribution is 2.30. The monoisotopic (exact) mass is 327 g/mol. The molecule has 6 nitrogen and oxygen atoms in total. The number of hydrogen-bond acceptors (Lipinski definition) is 4. The number of nitrogens with two attached hydrogens (primary N) is 1. The van der Waals surface area contributed by atoms with Crippen molar-refractivity contribution in [1.82, 2.24) is 10.2 Å². The molecule has 3 N–H and O–H groups in total. The lowest BCUT2D eigenvalue weighted by Gasteiger charge is -2.29. The number of carbonyl (C=O) groups is 3. The number of rotatable bonds is 3. The van der Waals surface area contributed by atoms with Crippen LogP contribution < -0.4 is 11.1 Å². The summed E-state index contributed by atoms with van der Waals surface area (Å²) in [5.41, 5.74) is 7.96. The van der Waals surface area contributed by atoms with E-state index in [9.17, 15) is 14.4 Å². The van der Waals surface area contributed by atoms with Crippen LogP contribution in [0, 0.1) is 0 Å². The van der Waals surface area contributed by atoms with Gasteiger partial charge in [0.2, 0.25) is 11.8 Å². The number of piperidine rings is 1. The minimum Gasteiger partial charge on any atom is -0.322 e. The van der Waals surface area contributed by atoms with Gasteiger partial charge in [-0.05, 0) is 37.5 Å². The topological polar surface area (TPSA) is 92.5 Å². The van der Waals surface area contributed by atoms with E-state index in [4.69, 9.17) is 5.73 Å². The molecular weight excluding hydrogens is 306 g/mol. The van der Waals surface area contributed by atoms with Gasteiger partial charge in [-0.1, -0.05) is 24.3 Å². The zero-order chi connectivity index (χ0) is 17.5. The standard InChI is InChI=1S/C18H21N3O3/c1-18(2,19)9-8-11-4-3-5-12-13(11)10-21(17(12)24)14-6-7-15(22)20-16(14)23/h3-5,8-9,14H,6-7,10,19H2,1-2H3,(H,20,22,23)/b9-8+. The van der Waals surface area contributed by atoms with Crippen molar-refractivity contribution in [2.45, 2.75) is 44.8 Å². The van der Waals surface area contributed by atoms with Crippen molar-refractivity contribution in [3.63, 3.8) is 0 Å². The second-order valence-corrected chi connectivity index (χ2v) is 6.93. The fourth-order valence-corrected chi connectivity index (χ4v) is 3.07. The van der Waals surface area contributed by atoms with Gasteiger partial charge in [0.25, 0.3) is 5.91 Å². The first kappa shape index (κ1) is 16.4. The first-order chi connectivity index (χ1) is 11.3. The number of hydrogen-bond donors (Lipinski definition) is 2. The van der Waals surface area contributed by atoms with Crippen LogP contribution in [-0.2, 0) is 16.1 Å². The van der Waals surface area contributed by atoms with Crippen LogP contribution in [0.5, 0.6) is 0 Å². The molecule has 0 bridgehead atoms. The summed E-state index contributed by atoms with van der Waals surface area (Å²) < 4.78 is 0. The van der Waals surface area contributed by atoms with Gasteiger partial charge >= 0.3 is 0 Å². The molecule has 126 valence electrons. The smallest absolute Gasteiger partial charge is 0.255 e. The van der Waals surface area contributed by atoms with E-state index in [2.05, 4.69) is 5.32 Å². The Hall–Kier alpha value is -2.47. The summed E-state index contributed by atoms with van der Waals surface area (Å²) in [7, 11) is 0. The van der Waals surface area contributed by atoms with Gasteiger partial charge in [0.15, 0.2) is 0 Å². The van der Waals surface area contributed by atoms with E-state index < -0.39 is 17.5 Å². The van der Waals surface area contributed by atoms with Crippen LogP contribution >= 0.6 is 0 Å². The molecule has 6 heteroatoms. The van der Waals surface area contributed by atoms with Crippen molar-refractivity contribution in [3.05, 3.63) is 41.0 Å². The van der Waals surface area contributed by atoms with Gasteiger partial charge in [0.05, 0.1) is 0 Å². The average molecular weight is 327 g/mol. The minimum atomic E-state index is -0.592. The number of amides is 3. The van der Waals surface area contributed by atoms with Crippen LogP contribution in [0.25, 0.3) is 6.08 Å². The molecule has 1 fully saturated rings. The van der Waals surface area contributed by atoms with Crippen LogP contribution in [0.3, 0.4) is 0 Å². The number of fused-ring (bicyclic) bond motifs is 1. The predicted octanol–water partition coefficient (Wildman–Crippen LogP) is 1.20. The molecule has 24 heavy (non-hydrogen) atoms. The molecule has 0 radical (unpaired) electrons. The summed E-state index contributed by atoms with van der Waals surface area (Å²) in [6.45, 7) is 4.16. The molecule has 1 saturated heterocycles. The second kappa shape index (κ2) is 5.87. The lowest BCUT2D eigenvalue weighted by atomic mass is 9.99. The van der Waals surface area contributed by atoms with E-state index >= 15 is 0 Å². The first-order valence-electron chi connectivity index (χ1n) is 8.01. The van der Waals surface area contributed by atoms with Gasteiger partial charge in [-0.15, -0.1) is 0 Å². The number of imide groups is 1. The maximum absolute atomic E-state index is 12.7. The van der Waals surface area contributed by atoms with Crippen LogP contribution in [0.1, 0.15) is 48.2 Å². The number of benzene rings is 1. The lowest BCUT2D eigenvalue weighted by molar-refractivity contribution is -0.136. The molecule has 3 rings (SSSR count). The Balaban J connectivity index is 1.89. The minimum absolute atomic E-state index is 0.165. The third-order valence-electron chi connectivity index (χ3n) is 4.31. The normalized spacial score (nSPS) is 21.4. The molecule has 2 aliphatic rings. The summed E-state index contributed by atoms with van der Waals surface area (Å²) in [5, 5.41) is 2.31. The third kappa shape index (κ3) is 3.10. The van der Waals surface area contributed by atoms with Crippen LogP contribution in [0.15, 0.2) is 24.3 Å². The van der Waals surface area contributed by atoms with Gasteiger partial charge in [-0.25, -0.2) is 0 Å². The van der Waals surface area contributed by atoms with Gasteiger partial charge in [0, 0.05) is 24.1 Å². The molecule has 1 aromatic carbocycles. The number of nitrogens with zero attached hydrogens (tertiary/aromatic N) is 1. The summed E-state index contributed by atoms with van der Waals surface area (Å²) >= 11 is 0. The van der Waals surface area contributed by atoms with Gasteiger partial charge in [0.1, 0.15) is 6.04 Å². The first-order valence-corrected chi connectivity index (χ1v) is 8.01. The molecule has 1 unspecified atom stereocenters. The molecule has 2 heterocycles. The Morgan fingerprint density at radius 2 is 2.04 bits per heavy atom. The summed E-state index contributed by atoms with van der Waals surface area (Å²) in [5.74, 6) is -0.844. The van der Waals surface area contributed by atoms with Crippen molar-refractivity contribution < 1.29 is 14.4 Å². The Bertz CT molecular complexity index is 746.